The van der Waals surface area contributed by atoms with Crippen LogP contribution in [-0.2, 0) is 0 Å². The molecule has 60 valence electrons. The van der Waals surface area contributed by atoms with Crippen molar-refractivity contribution < 1.29 is 0 Å². The normalized spacial score (nSPS) is 21.3. The number of halogens is 1. The highest BCUT2D eigenvalue weighted by Crippen LogP contribution is 2.27. The zero-order valence-electron chi connectivity index (χ0n) is 6.31. The fourth-order valence-corrected chi connectivity index (χ4v) is 3.29. The van der Waals surface area contributed by atoms with Gasteiger partial charge in [-0.1, -0.05) is 41.9 Å². The second kappa shape index (κ2) is 5.70. The van der Waals surface area contributed by atoms with Crippen molar-refractivity contribution in [3.63, 3.8) is 0 Å². The van der Waals surface area contributed by atoms with Crippen molar-refractivity contribution in [2.24, 2.45) is 0 Å². The molecule has 0 nitrogen and oxygen atoms in total. The molecule has 0 saturated heterocycles. The van der Waals surface area contributed by atoms with Gasteiger partial charge in [-0.3, -0.25) is 0 Å². The van der Waals surface area contributed by atoms with Crippen LogP contribution in [-0.4, -0.2) is 15.4 Å². The van der Waals surface area contributed by atoms with Crippen LogP contribution in [0.4, 0.5) is 0 Å². The van der Waals surface area contributed by atoms with Gasteiger partial charge in [0, 0.05) is 15.4 Å². The Labute approximate surface area is 81.7 Å². The van der Waals surface area contributed by atoms with Crippen molar-refractivity contribution in [1.29, 1.82) is 0 Å². The van der Waals surface area contributed by atoms with E-state index in [-0.39, 0.29) is 0 Å². The number of hydrogen-bond acceptors (Lipinski definition) is 1. The van der Waals surface area contributed by atoms with Crippen LogP contribution in [0.15, 0.2) is 0 Å². The van der Waals surface area contributed by atoms with Crippen LogP contribution in [0.3, 0.4) is 0 Å². The van der Waals surface area contributed by atoms with Gasteiger partial charge < -0.3 is 0 Å². The number of hydrogen-bond donors (Lipinski definition) is 0. The second-order valence-electron chi connectivity index (χ2n) is 2.82. The van der Waals surface area contributed by atoms with E-state index >= 15 is 0 Å². The van der Waals surface area contributed by atoms with Gasteiger partial charge in [-0.05, 0) is 12.8 Å². The number of alkyl halides is 1. The molecule has 0 unspecified atom stereocenters. The van der Waals surface area contributed by atoms with Gasteiger partial charge >= 0.3 is 0 Å². The Morgan fingerprint density at radius 2 is 1.90 bits per heavy atom. The SMILES string of the molecule is ICCSC1CCCCC1. The summed E-state index contributed by atoms with van der Waals surface area (Å²) in [7, 11) is 0. The molecule has 0 aromatic rings. The third kappa shape index (κ3) is 3.46. The average Bonchev–Trinajstić information content (AvgIpc) is 2.03. The van der Waals surface area contributed by atoms with Crippen molar-refractivity contribution in [2.75, 3.05) is 10.2 Å². The van der Waals surface area contributed by atoms with Gasteiger partial charge in [0.1, 0.15) is 0 Å². The van der Waals surface area contributed by atoms with Gasteiger partial charge in [0.05, 0.1) is 0 Å². The summed E-state index contributed by atoms with van der Waals surface area (Å²) in [5.41, 5.74) is 0. The van der Waals surface area contributed by atoms with Crippen LogP contribution in [0.5, 0.6) is 0 Å². The fraction of sp³-hybridized carbons (Fsp3) is 1.00. The molecule has 2 heteroatoms. The van der Waals surface area contributed by atoms with Crippen LogP contribution < -0.4 is 0 Å². The van der Waals surface area contributed by atoms with Crippen molar-refractivity contribution >= 4 is 34.4 Å². The van der Waals surface area contributed by atoms with Crippen molar-refractivity contribution in [2.45, 2.75) is 37.4 Å². The molecule has 0 heterocycles. The average molecular weight is 270 g/mol. The molecule has 0 N–H and O–H groups in total. The van der Waals surface area contributed by atoms with Gasteiger partial charge in [-0.15, -0.1) is 0 Å². The van der Waals surface area contributed by atoms with Crippen LogP contribution in [0.2, 0.25) is 0 Å². The summed E-state index contributed by atoms with van der Waals surface area (Å²) in [6, 6.07) is 0. The lowest BCUT2D eigenvalue weighted by Gasteiger charge is -2.20. The fourth-order valence-electron chi connectivity index (χ4n) is 1.44. The molecule has 1 rings (SSSR count). The van der Waals surface area contributed by atoms with Gasteiger partial charge in [0.15, 0.2) is 0 Å². The minimum absolute atomic E-state index is 1.02. The first-order valence-corrected chi connectivity index (χ1v) is 6.68. The molecule has 1 saturated carbocycles. The highest BCUT2D eigenvalue weighted by molar-refractivity contribution is 14.1. The zero-order chi connectivity index (χ0) is 7.23. The van der Waals surface area contributed by atoms with Crippen LogP contribution in [0.25, 0.3) is 0 Å². The number of thioether (sulfide) groups is 1. The van der Waals surface area contributed by atoms with Crippen molar-refractivity contribution in [3.8, 4) is 0 Å². The lowest BCUT2D eigenvalue weighted by Crippen LogP contribution is -2.08. The highest BCUT2D eigenvalue weighted by Gasteiger charge is 2.12. The highest BCUT2D eigenvalue weighted by atomic mass is 127. The van der Waals surface area contributed by atoms with Gasteiger partial charge in [0.2, 0.25) is 0 Å². The molecular weight excluding hydrogens is 255 g/mol. The third-order valence-corrected chi connectivity index (χ3v) is 4.64. The summed E-state index contributed by atoms with van der Waals surface area (Å²) in [6.07, 6.45) is 7.43. The van der Waals surface area contributed by atoms with Crippen LogP contribution in [0.1, 0.15) is 32.1 Å². The van der Waals surface area contributed by atoms with Gasteiger partial charge in [-0.2, -0.15) is 11.8 Å². The summed E-state index contributed by atoms with van der Waals surface area (Å²) in [5.74, 6) is 1.37. The molecular formula is C8H15IS. The summed E-state index contributed by atoms with van der Waals surface area (Å²) < 4.78 is 1.32. The first-order chi connectivity index (χ1) is 4.93. The Bertz CT molecular complexity index is 79.3. The van der Waals surface area contributed by atoms with E-state index in [2.05, 4.69) is 34.4 Å². The van der Waals surface area contributed by atoms with E-state index in [0.717, 1.165) is 5.25 Å². The Hall–Kier alpha value is 1.08. The zero-order valence-corrected chi connectivity index (χ0v) is 9.29. The lowest BCUT2D eigenvalue weighted by atomic mass is 10.0. The maximum Gasteiger partial charge on any atom is 0.00864 e. The molecule has 1 aliphatic carbocycles. The van der Waals surface area contributed by atoms with E-state index in [1.54, 1.807) is 0 Å². The molecule has 0 aromatic heterocycles. The molecule has 0 aromatic carbocycles. The summed E-state index contributed by atoms with van der Waals surface area (Å²) >= 11 is 4.65. The Balaban J connectivity index is 2.02. The third-order valence-electron chi connectivity index (χ3n) is 1.98. The van der Waals surface area contributed by atoms with E-state index < -0.39 is 0 Å². The lowest BCUT2D eigenvalue weighted by molar-refractivity contribution is 0.516. The molecule has 0 atom stereocenters. The molecule has 0 amide bonds. The smallest absolute Gasteiger partial charge is 0.00864 e. The molecule has 10 heavy (non-hydrogen) atoms. The minimum atomic E-state index is 1.02. The van der Waals surface area contributed by atoms with E-state index in [9.17, 15) is 0 Å². The summed E-state index contributed by atoms with van der Waals surface area (Å²) in [4.78, 5) is 0. The van der Waals surface area contributed by atoms with Crippen molar-refractivity contribution in [3.05, 3.63) is 0 Å². The van der Waals surface area contributed by atoms with Gasteiger partial charge in [0.25, 0.3) is 0 Å². The van der Waals surface area contributed by atoms with E-state index in [1.165, 1.54) is 42.3 Å². The Morgan fingerprint density at radius 1 is 1.20 bits per heavy atom. The van der Waals surface area contributed by atoms with Gasteiger partial charge in [-0.25, -0.2) is 0 Å². The summed E-state index contributed by atoms with van der Waals surface area (Å²) in [6.45, 7) is 0. The van der Waals surface area contributed by atoms with E-state index in [0.29, 0.717) is 0 Å². The molecule has 1 fully saturated rings. The Kier molecular flexibility index (Phi) is 5.22. The quantitative estimate of drug-likeness (QED) is 0.559. The molecule has 0 spiro atoms. The first-order valence-electron chi connectivity index (χ1n) is 4.11. The number of rotatable bonds is 3. The maximum atomic E-state index is 2.46. The first kappa shape index (κ1) is 9.17. The summed E-state index contributed by atoms with van der Waals surface area (Å²) in [5, 5.41) is 1.02. The molecule has 1 aliphatic rings. The van der Waals surface area contributed by atoms with Crippen LogP contribution in [0, 0.1) is 0 Å². The van der Waals surface area contributed by atoms with Crippen LogP contribution >= 0.6 is 34.4 Å². The predicted molar refractivity (Wildman–Crippen MR) is 58.2 cm³/mol. The predicted octanol–water partition coefficient (Wildman–Crippen LogP) is 3.49. The standard InChI is InChI=1S/C8H15IS/c9-6-7-10-8-4-2-1-3-5-8/h8H,1-7H2. The largest absolute Gasteiger partial charge is 0.158 e. The minimum Gasteiger partial charge on any atom is -0.158 e. The molecule has 0 aliphatic heterocycles. The second-order valence-corrected chi connectivity index (χ2v) is 5.31. The van der Waals surface area contributed by atoms with Crippen molar-refractivity contribution in [1.82, 2.24) is 0 Å². The van der Waals surface area contributed by atoms with E-state index in [4.69, 9.17) is 0 Å². The topological polar surface area (TPSA) is 0 Å². The Morgan fingerprint density at radius 3 is 2.50 bits per heavy atom. The van der Waals surface area contributed by atoms with E-state index in [1.807, 2.05) is 0 Å². The molecule has 0 radical (unpaired) electrons. The molecule has 0 bridgehead atoms. The maximum absolute atomic E-state index is 2.46. The monoisotopic (exact) mass is 270 g/mol.